The highest BCUT2D eigenvalue weighted by Gasteiger charge is 2.27. The fourth-order valence-electron chi connectivity index (χ4n) is 2.26. The van der Waals surface area contributed by atoms with Crippen molar-refractivity contribution >= 4 is 37.5 Å². The normalized spacial score (nSPS) is 11.8. The molecule has 0 saturated heterocycles. The molecule has 1 N–H and O–H groups in total. The molecule has 0 aliphatic heterocycles. The lowest BCUT2D eigenvalue weighted by Gasteiger charge is -2.12. The molecule has 130 valence electrons. The largest absolute Gasteiger partial charge is 0.324 e. The summed E-state index contributed by atoms with van der Waals surface area (Å²) in [6.07, 6.45) is 0. The lowest BCUT2D eigenvalue weighted by atomic mass is 10.3. The van der Waals surface area contributed by atoms with E-state index in [2.05, 4.69) is 26.3 Å². The predicted molar refractivity (Wildman–Crippen MR) is 95.3 cm³/mol. The zero-order valence-electron chi connectivity index (χ0n) is 13.9. The van der Waals surface area contributed by atoms with Crippen LogP contribution in [-0.2, 0) is 21.4 Å². The zero-order chi connectivity index (χ0) is 18.1. The van der Waals surface area contributed by atoms with Gasteiger partial charge in [0.05, 0.1) is 11.4 Å². The van der Waals surface area contributed by atoms with Crippen molar-refractivity contribution in [1.82, 2.24) is 14.1 Å². The molecule has 0 unspecified atom stereocenters. The SMILES string of the molecule is Cc1nn(CC(=O)Nc2ccc(Br)cc2)c(C)c1S(=O)(=O)N(C)C. The first kappa shape index (κ1) is 18.6. The third-order valence-corrected chi connectivity index (χ3v) is 6.07. The number of amides is 1. The molecule has 0 aliphatic rings. The van der Waals surface area contributed by atoms with Gasteiger partial charge in [-0.2, -0.15) is 5.10 Å². The summed E-state index contributed by atoms with van der Waals surface area (Å²) in [5, 5.41) is 6.95. The summed E-state index contributed by atoms with van der Waals surface area (Å²) in [7, 11) is -0.676. The molecule has 7 nitrogen and oxygen atoms in total. The summed E-state index contributed by atoms with van der Waals surface area (Å²) in [6.45, 7) is 3.20. The Morgan fingerprint density at radius 1 is 1.25 bits per heavy atom. The van der Waals surface area contributed by atoms with Crippen LogP contribution in [0, 0.1) is 13.8 Å². The van der Waals surface area contributed by atoms with E-state index in [1.165, 1.54) is 18.8 Å². The standard InChI is InChI=1S/C15H19BrN4O3S/c1-10-15(24(22,23)19(3)4)11(2)20(18-10)9-14(21)17-13-7-5-12(16)6-8-13/h5-8H,9H2,1-4H3,(H,17,21). The van der Waals surface area contributed by atoms with Gasteiger partial charge in [0.2, 0.25) is 15.9 Å². The van der Waals surface area contributed by atoms with Crippen LogP contribution in [0.15, 0.2) is 33.6 Å². The van der Waals surface area contributed by atoms with Crippen LogP contribution in [0.4, 0.5) is 5.69 Å². The molecule has 0 radical (unpaired) electrons. The first-order chi connectivity index (χ1) is 11.1. The molecule has 9 heteroatoms. The van der Waals surface area contributed by atoms with Gasteiger partial charge < -0.3 is 5.32 Å². The summed E-state index contributed by atoms with van der Waals surface area (Å²) < 4.78 is 28.2. The highest BCUT2D eigenvalue weighted by molar-refractivity contribution is 9.10. The number of anilines is 1. The van der Waals surface area contributed by atoms with Crippen molar-refractivity contribution in [2.45, 2.75) is 25.3 Å². The van der Waals surface area contributed by atoms with Gasteiger partial charge in [0.1, 0.15) is 11.4 Å². The number of halogens is 1. The average Bonchev–Trinajstić information content (AvgIpc) is 2.76. The van der Waals surface area contributed by atoms with E-state index in [9.17, 15) is 13.2 Å². The van der Waals surface area contributed by atoms with Gasteiger partial charge in [-0.05, 0) is 38.1 Å². The van der Waals surface area contributed by atoms with Crippen molar-refractivity contribution in [3.63, 3.8) is 0 Å². The maximum absolute atomic E-state index is 12.4. The van der Waals surface area contributed by atoms with Crippen LogP contribution in [-0.4, -0.2) is 42.5 Å². The number of benzene rings is 1. The van der Waals surface area contributed by atoms with Gasteiger partial charge in [-0.1, -0.05) is 15.9 Å². The van der Waals surface area contributed by atoms with E-state index in [-0.39, 0.29) is 17.3 Å². The van der Waals surface area contributed by atoms with Gasteiger partial charge in [-0.3, -0.25) is 9.48 Å². The molecule has 1 aromatic heterocycles. The first-order valence-electron chi connectivity index (χ1n) is 7.15. The molecule has 1 amide bonds. The van der Waals surface area contributed by atoms with Crippen molar-refractivity contribution in [2.24, 2.45) is 0 Å². The predicted octanol–water partition coefficient (Wildman–Crippen LogP) is 2.15. The smallest absolute Gasteiger partial charge is 0.246 e. The van der Waals surface area contributed by atoms with E-state index < -0.39 is 10.0 Å². The maximum atomic E-state index is 12.4. The number of aryl methyl sites for hydroxylation is 1. The molecular weight excluding hydrogens is 396 g/mol. The van der Waals surface area contributed by atoms with E-state index in [0.717, 1.165) is 8.78 Å². The summed E-state index contributed by atoms with van der Waals surface area (Å²) in [5.41, 5.74) is 1.47. The molecule has 1 heterocycles. The molecule has 0 bridgehead atoms. The zero-order valence-corrected chi connectivity index (χ0v) is 16.3. The molecule has 24 heavy (non-hydrogen) atoms. The molecule has 0 spiro atoms. The van der Waals surface area contributed by atoms with E-state index in [1.807, 2.05) is 12.1 Å². The number of hydrogen-bond donors (Lipinski definition) is 1. The van der Waals surface area contributed by atoms with Crippen LogP contribution in [0.5, 0.6) is 0 Å². The number of carbonyl (C=O) groups is 1. The highest BCUT2D eigenvalue weighted by Crippen LogP contribution is 2.22. The lowest BCUT2D eigenvalue weighted by Crippen LogP contribution is -2.24. The number of carbonyl (C=O) groups excluding carboxylic acids is 1. The van der Waals surface area contributed by atoms with Crippen LogP contribution in [0.1, 0.15) is 11.4 Å². The van der Waals surface area contributed by atoms with E-state index >= 15 is 0 Å². The monoisotopic (exact) mass is 414 g/mol. The molecule has 0 aliphatic carbocycles. The van der Waals surface area contributed by atoms with Gasteiger partial charge in [0, 0.05) is 24.3 Å². The Morgan fingerprint density at radius 3 is 2.38 bits per heavy atom. The molecule has 1 aromatic carbocycles. The summed E-state index contributed by atoms with van der Waals surface area (Å²) >= 11 is 3.33. The van der Waals surface area contributed by atoms with Crippen LogP contribution in [0.2, 0.25) is 0 Å². The highest BCUT2D eigenvalue weighted by atomic mass is 79.9. The second-order valence-electron chi connectivity index (χ2n) is 5.50. The fraction of sp³-hybridized carbons (Fsp3) is 0.333. The molecule has 2 aromatic rings. The Kier molecular flexibility index (Phi) is 5.46. The minimum atomic E-state index is -3.60. The summed E-state index contributed by atoms with van der Waals surface area (Å²) in [5.74, 6) is -0.281. The third-order valence-electron chi connectivity index (χ3n) is 3.48. The van der Waals surface area contributed by atoms with Crippen molar-refractivity contribution in [3.05, 3.63) is 40.1 Å². The van der Waals surface area contributed by atoms with Gasteiger partial charge in [-0.25, -0.2) is 12.7 Å². The number of nitrogens with zero attached hydrogens (tertiary/aromatic N) is 3. The lowest BCUT2D eigenvalue weighted by molar-refractivity contribution is -0.116. The van der Waals surface area contributed by atoms with Gasteiger partial charge in [-0.15, -0.1) is 0 Å². The number of nitrogens with one attached hydrogen (secondary N) is 1. The van der Waals surface area contributed by atoms with E-state index in [1.54, 1.807) is 26.0 Å². The van der Waals surface area contributed by atoms with E-state index in [4.69, 9.17) is 0 Å². The molecular formula is C15H19BrN4O3S. The Hall–Kier alpha value is -1.71. The number of hydrogen-bond acceptors (Lipinski definition) is 4. The van der Waals surface area contributed by atoms with Crippen LogP contribution < -0.4 is 5.32 Å². The third kappa shape index (κ3) is 3.85. The Labute approximate surface area is 149 Å². The molecule has 0 fully saturated rings. The van der Waals surface area contributed by atoms with Gasteiger partial charge in [0.25, 0.3) is 0 Å². The molecule has 0 saturated carbocycles. The van der Waals surface area contributed by atoms with Crippen LogP contribution in [0.25, 0.3) is 0 Å². The van der Waals surface area contributed by atoms with Crippen molar-refractivity contribution < 1.29 is 13.2 Å². The maximum Gasteiger partial charge on any atom is 0.246 e. The minimum Gasteiger partial charge on any atom is -0.324 e. The van der Waals surface area contributed by atoms with Crippen molar-refractivity contribution in [2.75, 3.05) is 19.4 Å². The second-order valence-corrected chi connectivity index (χ2v) is 8.50. The molecule has 0 atom stereocenters. The van der Waals surface area contributed by atoms with E-state index in [0.29, 0.717) is 17.1 Å². The Bertz CT molecular complexity index is 858. The summed E-state index contributed by atoms with van der Waals surface area (Å²) in [4.78, 5) is 12.3. The number of aromatic nitrogens is 2. The Morgan fingerprint density at radius 2 is 1.83 bits per heavy atom. The fourth-order valence-corrected chi connectivity index (χ4v) is 3.78. The molecule has 2 rings (SSSR count). The van der Waals surface area contributed by atoms with Crippen LogP contribution in [0.3, 0.4) is 0 Å². The average molecular weight is 415 g/mol. The van der Waals surface area contributed by atoms with Crippen molar-refractivity contribution in [3.8, 4) is 0 Å². The van der Waals surface area contributed by atoms with Crippen LogP contribution >= 0.6 is 15.9 Å². The Balaban J connectivity index is 2.22. The van der Waals surface area contributed by atoms with Gasteiger partial charge >= 0.3 is 0 Å². The summed E-state index contributed by atoms with van der Waals surface area (Å²) in [6, 6.07) is 7.18. The first-order valence-corrected chi connectivity index (χ1v) is 9.38. The topological polar surface area (TPSA) is 84.3 Å². The van der Waals surface area contributed by atoms with Gasteiger partial charge in [0.15, 0.2) is 0 Å². The minimum absolute atomic E-state index is 0.0638. The second kappa shape index (κ2) is 7.04. The number of rotatable bonds is 5. The quantitative estimate of drug-likeness (QED) is 0.811. The number of sulfonamides is 1. The van der Waals surface area contributed by atoms with Crippen molar-refractivity contribution in [1.29, 1.82) is 0 Å².